The van der Waals surface area contributed by atoms with E-state index in [0.717, 1.165) is 41.9 Å². The van der Waals surface area contributed by atoms with Crippen molar-refractivity contribution in [3.05, 3.63) is 46.3 Å². The van der Waals surface area contributed by atoms with E-state index in [1.165, 1.54) is 30.6 Å². The molecule has 1 aliphatic heterocycles. The predicted molar refractivity (Wildman–Crippen MR) is 129 cm³/mol. The average Bonchev–Trinajstić information content (AvgIpc) is 3.32. The second-order valence-electron chi connectivity index (χ2n) is 10.1. The fraction of sp³-hybridized carbons (Fsp3) is 0.480. The Balaban J connectivity index is 1.12. The molecule has 3 fully saturated rings. The first kappa shape index (κ1) is 20.8. The minimum atomic E-state index is -0.249. The number of nitrogen functional groups attached to an aromatic ring is 1. The summed E-state index contributed by atoms with van der Waals surface area (Å²) >= 11 is 1.25. The van der Waals surface area contributed by atoms with Gasteiger partial charge in [0.1, 0.15) is 21.0 Å². The Bertz CT molecular complexity index is 1280. The standard InChI is InChI=1S/C25H28FN5OS/c1-13(9-29-23(32)22-20(27)21-24(33-22)30-14(2)10-28-21)15-3-4-19(18(26)7-15)31-11-17-8-16-5-6-25(16,17)12-31/h3-4,7,10,13,16-17H,5-6,8-9,11-12,27H2,1-2H3,(H,29,32)/t13-,16?,17?,25?/m0/s1. The molecule has 2 aliphatic carbocycles. The van der Waals surface area contributed by atoms with Gasteiger partial charge < -0.3 is 16.0 Å². The lowest BCUT2D eigenvalue weighted by molar-refractivity contribution is -0.104. The van der Waals surface area contributed by atoms with Crippen LogP contribution in [0.2, 0.25) is 0 Å². The number of halogens is 1. The highest BCUT2D eigenvalue weighted by atomic mass is 32.1. The van der Waals surface area contributed by atoms with E-state index in [2.05, 4.69) is 20.2 Å². The van der Waals surface area contributed by atoms with Crippen molar-refractivity contribution in [2.45, 2.75) is 39.0 Å². The number of amides is 1. The number of aryl methyl sites for hydroxylation is 1. The first-order chi connectivity index (χ1) is 15.9. The number of benzene rings is 1. The molecule has 4 atom stereocenters. The molecule has 8 heteroatoms. The van der Waals surface area contributed by atoms with Crippen LogP contribution in [0.25, 0.3) is 10.3 Å². The van der Waals surface area contributed by atoms with Crippen LogP contribution in [0.3, 0.4) is 0 Å². The Kier molecular flexibility index (Phi) is 4.66. The third-order valence-corrected chi connectivity index (χ3v) is 9.38. The smallest absolute Gasteiger partial charge is 0.263 e. The Labute approximate surface area is 196 Å². The van der Waals surface area contributed by atoms with Crippen molar-refractivity contribution in [3.8, 4) is 0 Å². The van der Waals surface area contributed by atoms with Crippen LogP contribution in [-0.4, -0.2) is 35.5 Å². The summed E-state index contributed by atoms with van der Waals surface area (Å²) in [6.07, 6.45) is 5.63. The van der Waals surface area contributed by atoms with Crippen LogP contribution >= 0.6 is 11.3 Å². The quantitative estimate of drug-likeness (QED) is 0.580. The number of fused-ring (bicyclic) bond motifs is 1. The highest BCUT2D eigenvalue weighted by Gasteiger charge is 2.64. The molecule has 2 aromatic heterocycles. The summed E-state index contributed by atoms with van der Waals surface area (Å²) in [5.41, 5.74) is 9.92. The maximum atomic E-state index is 15.1. The van der Waals surface area contributed by atoms with Crippen molar-refractivity contribution in [2.75, 3.05) is 30.3 Å². The van der Waals surface area contributed by atoms with E-state index in [0.29, 0.717) is 32.9 Å². The number of hydrogen-bond donors (Lipinski definition) is 2. The third kappa shape index (κ3) is 3.14. The molecule has 2 saturated carbocycles. The number of thiophene rings is 1. The molecule has 3 heterocycles. The largest absolute Gasteiger partial charge is 0.396 e. The van der Waals surface area contributed by atoms with E-state index in [9.17, 15) is 4.79 Å². The predicted octanol–water partition coefficient (Wildman–Crippen LogP) is 4.49. The maximum Gasteiger partial charge on any atom is 0.263 e. The minimum Gasteiger partial charge on any atom is -0.396 e. The van der Waals surface area contributed by atoms with E-state index >= 15 is 4.39 Å². The molecule has 3 aliphatic rings. The van der Waals surface area contributed by atoms with Crippen LogP contribution in [0.5, 0.6) is 0 Å². The Hall–Kier alpha value is -2.74. The van der Waals surface area contributed by atoms with Crippen LogP contribution in [-0.2, 0) is 0 Å². The SMILES string of the molecule is Cc1cnc2c(N)c(C(=O)NC[C@H](C)c3ccc(N4CC5CC6CCC65C4)c(F)c3)sc2n1. The number of carbonyl (C=O) groups excluding carboxylic acids is 1. The molecule has 3 N–H and O–H groups in total. The lowest BCUT2D eigenvalue weighted by Crippen LogP contribution is -2.55. The van der Waals surface area contributed by atoms with E-state index < -0.39 is 0 Å². The third-order valence-electron chi connectivity index (χ3n) is 8.30. The van der Waals surface area contributed by atoms with Gasteiger partial charge >= 0.3 is 0 Å². The number of carbonyl (C=O) groups is 1. The van der Waals surface area contributed by atoms with Gasteiger partial charge in [0.25, 0.3) is 5.91 Å². The van der Waals surface area contributed by atoms with Crippen molar-refractivity contribution >= 4 is 39.0 Å². The summed E-state index contributed by atoms with van der Waals surface area (Å²) < 4.78 is 15.1. The van der Waals surface area contributed by atoms with Crippen LogP contribution in [0, 0.1) is 30.0 Å². The molecular formula is C25H28FN5OS. The molecule has 3 unspecified atom stereocenters. The first-order valence-electron chi connectivity index (χ1n) is 11.7. The van der Waals surface area contributed by atoms with Crippen LogP contribution in [0.1, 0.15) is 53.0 Å². The summed E-state index contributed by atoms with van der Waals surface area (Å²) in [4.78, 5) is 24.8. The molecule has 1 spiro atoms. The number of nitrogens with two attached hydrogens (primary N) is 1. The van der Waals surface area contributed by atoms with Gasteiger partial charge in [0.05, 0.1) is 17.1 Å². The summed E-state index contributed by atoms with van der Waals surface area (Å²) in [5.74, 6) is 1.18. The number of rotatable bonds is 5. The van der Waals surface area contributed by atoms with Gasteiger partial charge in [0.2, 0.25) is 0 Å². The van der Waals surface area contributed by atoms with Gasteiger partial charge in [0, 0.05) is 25.8 Å². The topological polar surface area (TPSA) is 84.1 Å². The van der Waals surface area contributed by atoms with Gasteiger partial charge in [-0.2, -0.15) is 0 Å². The molecule has 0 radical (unpaired) electrons. The molecule has 6 nitrogen and oxygen atoms in total. The fourth-order valence-electron chi connectivity index (χ4n) is 6.16. The van der Waals surface area contributed by atoms with Crippen molar-refractivity contribution < 1.29 is 9.18 Å². The van der Waals surface area contributed by atoms with Gasteiger partial charge in [-0.05, 0) is 67.1 Å². The van der Waals surface area contributed by atoms with Crippen molar-refractivity contribution in [2.24, 2.45) is 17.3 Å². The summed E-state index contributed by atoms with van der Waals surface area (Å²) in [7, 11) is 0. The molecule has 172 valence electrons. The Morgan fingerprint density at radius 1 is 1.42 bits per heavy atom. The van der Waals surface area contributed by atoms with Crippen LogP contribution in [0.15, 0.2) is 24.4 Å². The average molecular weight is 466 g/mol. The summed E-state index contributed by atoms with van der Waals surface area (Å²) in [6, 6.07) is 5.55. The monoisotopic (exact) mass is 465 g/mol. The van der Waals surface area contributed by atoms with Crippen molar-refractivity contribution in [3.63, 3.8) is 0 Å². The molecular weight excluding hydrogens is 437 g/mol. The summed E-state index contributed by atoms with van der Waals surface area (Å²) in [5, 5.41) is 2.94. The van der Waals surface area contributed by atoms with Crippen molar-refractivity contribution in [1.82, 2.24) is 15.3 Å². The van der Waals surface area contributed by atoms with E-state index in [1.807, 2.05) is 26.0 Å². The Morgan fingerprint density at radius 3 is 2.97 bits per heavy atom. The normalized spacial score (nSPS) is 26.3. The number of nitrogens with one attached hydrogen (secondary N) is 1. The second kappa shape index (κ2) is 7.38. The zero-order valence-electron chi connectivity index (χ0n) is 18.9. The lowest BCUT2D eigenvalue weighted by Gasteiger charge is -2.60. The molecule has 1 saturated heterocycles. The molecule has 0 bridgehead atoms. The second-order valence-corrected chi connectivity index (χ2v) is 11.1. The molecule has 6 rings (SSSR count). The van der Waals surface area contributed by atoms with Crippen molar-refractivity contribution in [1.29, 1.82) is 0 Å². The van der Waals surface area contributed by atoms with Gasteiger partial charge in [0.15, 0.2) is 0 Å². The molecule has 1 aromatic carbocycles. The van der Waals surface area contributed by atoms with Gasteiger partial charge in [-0.25, -0.2) is 14.4 Å². The number of anilines is 2. The fourth-order valence-corrected chi connectivity index (χ4v) is 7.17. The van der Waals surface area contributed by atoms with Gasteiger partial charge in [-0.3, -0.25) is 4.79 Å². The van der Waals surface area contributed by atoms with Crippen LogP contribution in [0.4, 0.5) is 15.8 Å². The number of nitrogens with zero attached hydrogens (tertiary/aromatic N) is 3. The first-order valence-corrected chi connectivity index (χ1v) is 12.5. The lowest BCUT2D eigenvalue weighted by atomic mass is 9.43. The van der Waals surface area contributed by atoms with E-state index in [4.69, 9.17) is 5.73 Å². The maximum absolute atomic E-state index is 15.1. The highest BCUT2D eigenvalue weighted by molar-refractivity contribution is 7.21. The zero-order chi connectivity index (χ0) is 22.9. The van der Waals surface area contributed by atoms with E-state index in [-0.39, 0.29) is 17.6 Å². The summed E-state index contributed by atoms with van der Waals surface area (Å²) in [6.45, 7) is 6.22. The molecule has 1 amide bonds. The molecule has 3 aromatic rings. The van der Waals surface area contributed by atoms with Crippen LogP contribution < -0.4 is 16.0 Å². The Morgan fingerprint density at radius 2 is 2.27 bits per heavy atom. The zero-order valence-corrected chi connectivity index (χ0v) is 19.7. The van der Waals surface area contributed by atoms with Gasteiger partial charge in [-0.1, -0.05) is 13.0 Å². The number of aromatic nitrogens is 2. The molecule has 33 heavy (non-hydrogen) atoms. The van der Waals surface area contributed by atoms with Gasteiger partial charge in [-0.15, -0.1) is 11.3 Å². The highest BCUT2D eigenvalue weighted by Crippen LogP contribution is 2.67. The number of hydrogen-bond acceptors (Lipinski definition) is 6. The minimum absolute atomic E-state index is 0.0315. The van der Waals surface area contributed by atoms with E-state index in [1.54, 1.807) is 12.3 Å².